The third-order valence-electron chi connectivity index (χ3n) is 4.63. The highest BCUT2D eigenvalue weighted by Gasteiger charge is 2.23. The zero-order valence-corrected chi connectivity index (χ0v) is 17.9. The predicted molar refractivity (Wildman–Crippen MR) is 124 cm³/mol. The molecule has 0 bridgehead atoms. The van der Waals surface area contributed by atoms with Crippen molar-refractivity contribution in [3.63, 3.8) is 0 Å². The van der Waals surface area contributed by atoms with Gasteiger partial charge in [-0.25, -0.2) is 0 Å². The third kappa shape index (κ3) is 5.53. The normalized spacial score (nSPS) is 10.0. The molecule has 0 aliphatic heterocycles. The number of para-hydroxylation sites is 5. The predicted octanol–water partition coefficient (Wildman–Crippen LogP) is 4.27. The van der Waals surface area contributed by atoms with E-state index in [9.17, 15) is 19.7 Å². The molecule has 0 saturated heterocycles. The van der Waals surface area contributed by atoms with Crippen LogP contribution in [0.4, 0.5) is 17.1 Å². The number of hydrogen-bond donors (Lipinski definition) is 2. The van der Waals surface area contributed by atoms with Crippen molar-refractivity contribution < 1.29 is 24.0 Å². The van der Waals surface area contributed by atoms with Crippen LogP contribution in [-0.2, 0) is 9.59 Å². The molecule has 9 nitrogen and oxygen atoms in total. The topological polar surface area (TPSA) is 120 Å². The fourth-order valence-electron chi connectivity index (χ4n) is 3.04. The summed E-state index contributed by atoms with van der Waals surface area (Å²) < 4.78 is 10.5. The molecular formula is C24H21N3O6. The van der Waals surface area contributed by atoms with Gasteiger partial charge in [0.15, 0.2) is 0 Å². The van der Waals surface area contributed by atoms with Crippen molar-refractivity contribution >= 4 is 35.0 Å². The molecule has 0 unspecified atom stereocenters. The quantitative estimate of drug-likeness (QED) is 0.175. The third-order valence-corrected chi connectivity index (χ3v) is 4.63. The number of nitro benzene ring substituents is 1. The summed E-state index contributed by atoms with van der Waals surface area (Å²) >= 11 is 0. The summed E-state index contributed by atoms with van der Waals surface area (Å²) in [6.45, 7) is 0. The molecule has 0 aliphatic rings. The lowest BCUT2D eigenvalue weighted by atomic mass is 10.1. The molecule has 0 spiro atoms. The van der Waals surface area contributed by atoms with Gasteiger partial charge < -0.3 is 20.1 Å². The smallest absolute Gasteiger partial charge is 0.276 e. The van der Waals surface area contributed by atoms with E-state index in [-0.39, 0.29) is 16.8 Å². The van der Waals surface area contributed by atoms with E-state index in [1.54, 1.807) is 54.6 Å². The van der Waals surface area contributed by atoms with E-state index in [4.69, 9.17) is 9.47 Å². The van der Waals surface area contributed by atoms with E-state index in [0.29, 0.717) is 22.9 Å². The molecule has 0 saturated carbocycles. The Morgan fingerprint density at radius 1 is 0.788 bits per heavy atom. The van der Waals surface area contributed by atoms with E-state index in [2.05, 4.69) is 10.6 Å². The average molecular weight is 447 g/mol. The summed E-state index contributed by atoms with van der Waals surface area (Å²) in [5.74, 6) is -0.767. The number of methoxy groups -OCH3 is 2. The number of nitrogens with one attached hydrogen (secondary N) is 2. The minimum absolute atomic E-state index is 0.0999. The van der Waals surface area contributed by atoms with Crippen molar-refractivity contribution in [1.29, 1.82) is 0 Å². The van der Waals surface area contributed by atoms with Gasteiger partial charge >= 0.3 is 0 Å². The molecule has 0 atom stereocenters. The van der Waals surface area contributed by atoms with Gasteiger partial charge in [-0.05, 0) is 36.4 Å². The molecule has 33 heavy (non-hydrogen) atoms. The Bertz CT molecular complexity index is 1160. The van der Waals surface area contributed by atoms with Crippen LogP contribution in [0.1, 0.15) is 5.56 Å². The Kier molecular flexibility index (Phi) is 7.38. The second-order valence-corrected chi connectivity index (χ2v) is 6.68. The minimum atomic E-state index is -0.773. The van der Waals surface area contributed by atoms with Crippen LogP contribution in [-0.4, -0.2) is 31.0 Å². The minimum Gasteiger partial charge on any atom is -0.495 e. The largest absolute Gasteiger partial charge is 0.495 e. The van der Waals surface area contributed by atoms with E-state index in [0.717, 1.165) is 0 Å². The maximum absolute atomic E-state index is 13.2. The van der Waals surface area contributed by atoms with E-state index < -0.39 is 16.7 Å². The molecule has 2 N–H and O–H groups in total. The van der Waals surface area contributed by atoms with Gasteiger partial charge in [-0.2, -0.15) is 0 Å². The Morgan fingerprint density at radius 3 is 1.73 bits per heavy atom. The van der Waals surface area contributed by atoms with E-state index >= 15 is 0 Å². The molecule has 2 amide bonds. The van der Waals surface area contributed by atoms with Crippen LogP contribution in [0, 0.1) is 10.1 Å². The summed E-state index contributed by atoms with van der Waals surface area (Å²) in [6.07, 6.45) is 1.17. The number of benzene rings is 3. The van der Waals surface area contributed by atoms with E-state index in [1.807, 2.05) is 0 Å². The van der Waals surface area contributed by atoms with Crippen LogP contribution in [0.15, 0.2) is 78.4 Å². The fourth-order valence-corrected chi connectivity index (χ4v) is 3.04. The van der Waals surface area contributed by atoms with Crippen LogP contribution in [0.5, 0.6) is 11.5 Å². The monoisotopic (exact) mass is 447 g/mol. The summed E-state index contributed by atoms with van der Waals surface area (Å²) in [5.41, 5.74) is 0.182. The van der Waals surface area contributed by atoms with Crippen molar-refractivity contribution in [2.75, 3.05) is 24.9 Å². The number of nitro groups is 1. The highest BCUT2D eigenvalue weighted by Crippen LogP contribution is 2.27. The molecule has 168 valence electrons. The highest BCUT2D eigenvalue weighted by molar-refractivity contribution is 6.29. The molecule has 9 heteroatoms. The second-order valence-electron chi connectivity index (χ2n) is 6.68. The highest BCUT2D eigenvalue weighted by atomic mass is 16.6. The summed E-state index contributed by atoms with van der Waals surface area (Å²) in [6, 6.07) is 19.2. The molecule has 0 aromatic heterocycles. The Hall–Kier alpha value is -4.66. The van der Waals surface area contributed by atoms with Gasteiger partial charge in [0.05, 0.1) is 36.1 Å². The van der Waals surface area contributed by atoms with Crippen LogP contribution in [0.2, 0.25) is 0 Å². The number of carbonyl (C=O) groups is 2. The van der Waals surface area contributed by atoms with Crippen molar-refractivity contribution in [2.24, 2.45) is 0 Å². The van der Waals surface area contributed by atoms with Gasteiger partial charge in [0, 0.05) is 6.07 Å². The Morgan fingerprint density at radius 2 is 1.24 bits per heavy atom. The van der Waals surface area contributed by atoms with Gasteiger partial charge in [-0.3, -0.25) is 19.7 Å². The fraction of sp³-hybridized carbons (Fsp3) is 0.0833. The summed E-state index contributed by atoms with van der Waals surface area (Å²) in [5, 5.41) is 16.7. The number of ether oxygens (including phenoxy) is 2. The lowest BCUT2D eigenvalue weighted by Crippen LogP contribution is -2.25. The first-order valence-corrected chi connectivity index (χ1v) is 9.78. The molecule has 0 radical (unpaired) electrons. The summed E-state index contributed by atoms with van der Waals surface area (Å²) in [7, 11) is 2.90. The zero-order valence-electron chi connectivity index (χ0n) is 17.9. The molecule has 0 fully saturated rings. The lowest BCUT2D eigenvalue weighted by molar-refractivity contribution is -0.385. The van der Waals surface area contributed by atoms with Crippen LogP contribution in [0.3, 0.4) is 0 Å². The van der Waals surface area contributed by atoms with E-state index in [1.165, 1.54) is 38.5 Å². The SMILES string of the molecule is COc1ccccc1NC(=O)C(=Cc1ccccc1[N+](=O)[O-])C(=O)Nc1ccccc1OC. The number of nitrogens with zero attached hydrogens (tertiary/aromatic N) is 1. The van der Waals surface area contributed by atoms with Crippen molar-refractivity contribution in [3.8, 4) is 11.5 Å². The molecular weight excluding hydrogens is 426 g/mol. The lowest BCUT2D eigenvalue weighted by Gasteiger charge is -2.14. The van der Waals surface area contributed by atoms with Crippen LogP contribution in [0.25, 0.3) is 6.08 Å². The van der Waals surface area contributed by atoms with Gasteiger partial charge in [0.25, 0.3) is 17.5 Å². The first-order chi connectivity index (χ1) is 15.9. The number of carbonyl (C=O) groups excluding carboxylic acids is 2. The van der Waals surface area contributed by atoms with Gasteiger partial charge in [-0.1, -0.05) is 36.4 Å². The van der Waals surface area contributed by atoms with Gasteiger partial charge in [0.2, 0.25) is 0 Å². The summed E-state index contributed by atoms with van der Waals surface area (Å²) in [4.78, 5) is 37.2. The first kappa shape index (κ1) is 23.0. The molecule has 3 rings (SSSR count). The van der Waals surface area contributed by atoms with Crippen LogP contribution >= 0.6 is 0 Å². The Balaban J connectivity index is 2.03. The average Bonchev–Trinajstić information content (AvgIpc) is 2.83. The van der Waals surface area contributed by atoms with Gasteiger partial charge in [-0.15, -0.1) is 0 Å². The van der Waals surface area contributed by atoms with Crippen molar-refractivity contribution in [2.45, 2.75) is 0 Å². The van der Waals surface area contributed by atoms with Crippen LogP contribution < -0.4 is 20.1 Å². The number of anilines is 2. The van der Waals surface area contributed by atoms with Gasteiger partial charge in [0.1, 0.15) is 17.1 Å². The number of amides is 2. The molecule has 0 aliphatic carbocycles. The van der Waals surface area contributed by atoms with Crippen molar-refractivity contribution in [3.05, 3.63) is 94.0 Å². The maximum Gasteiger partial charge on any atom is 0.276 e. The number of hydrogen-bond acceptors (Lipinski definition) is 6. The van der Waals surface area contributed by atoms with Crippen molar-refractivity contribution in [1.82, 2.24) is 0 Å². The standard InChI is InChI=1S/C24H21N3O6/c1-32-21-13-7-4-10-18(21)25-23(28)17(15-16-9-3-6-12-20(16)27(30)31)24(29)26-19-11-5-8-14-22(19)33-2/h3-15H,1-2H3,(H,25,28)(H,26,29). The number of rotatable bonds is 8. The molecule has 3 aromatic rings. The second kappa shape index (κ2) is 10.6. The molecule has 3 aromatic carbocycles. The molecule has 0 heterocycles. The Labute approximate surface area is 189 Å². The maximum atomic E-state index is 13.2. The zero-order chi connectivity index (χ0) is 23.8. The first-order valence-electron chi connectivity index (χ1n) is 9.78.